The smallest absolute Gasteiger partial charge is 0.418 e. The molecule has 0 spiro atoms. The Morgan fingerprint density at radius 2 is 0.600 bits per heavy atom. The molecule has 1 radical (unpaired) electrons. The Bertz CT molecular complexity index is 1330. The van der Waals surface area contributed by atoms with E-state index in [0.717, 1.165) is 22.6 Å². The molecule has 0 bridgehead atoms. The molecule has 4 aromatic carbocycles. The zero-order valence-corrected chi connectivity index (χ0v) is 32.0. The molecule has 4 atom stereocenters. The molecule has 267 valence electrons. The predicted octanol–water partition coefficient (Wildman–Crippen LogP) is 14.5. The van der Waals surface area contributed by atoms with Gasteiger partial charge in [0.2, 0.25) is 0 Å². The predicted molar refractivity (Wildman–Crippen MR) is 206 cm³/mol. The maximum atomic E-state index is 9.75. The van der Waals surface area contributed by atoms with E-state index in [0.29, 0.717) is 0 Å². The molecule has 0 unspecified atom stereocenters. The third-order valence-corrected chi connectivity index (χ3v) is 17.0. The fourth-order valence-electron chi connectivity index (χ4n) is 7.57. The second kappa shape index (κ2) is 21.2. The maximum Gasteiger partial charge on any atom is 0.673 e. The van der Waals surface area contributed by atoms with Crippen molar-refractivity contribution in [1.82, 2.24) is 0 Å². The van der Waals surface area contributed by atoms with E-state index in [1.54, 1.807) is 22.3 Å². The van der Waals surface area contributed by atoms with E-state index >= 15 is 0 Å². The van der Waals surface area contributed by atoms with Crippen molar-refractivity contribution < 1.29 is 36.7 Å². The summed E-state index contributed by atoms with van der Waals surface area (Å²) in [6.45, 7) is 0. The molecule has 2 saturated heterocycles. The van der Waals surface area contributed by atoms with Gasteiger partial charge in [0, 0.05) is 42.1 Å². The standard InChI is InChI=1S/C34H36P2.C8H12.BF4.Rh/c1-5-13-27(14-6-1)31-21-22-32(28-15-7-2-8-16-28)35(31)25-26-36-33(29-17-9-3-10-18-29)23-24-34(36)30-19-11-4-12-20-30;1-2-4-6-8-7-5-3-1;2-1(3,4)5;/h1-20,31-34H,21-26H2;1-2,7-8H,3-6H2;;/q;;-1;/b;2-1-,8-7?;;/t31-,32-,33-,34-;;;/m1.../s1. The van der Waals surface area contributed by atoms with Gasteiger partial charge in [-0.15, -0.1) is 0 Å². The average molecular weight is 805 g/mol. The average Bonchev–Trinajstić information content (AvgIpc) is 3.73. The van der Waals surface area contributed by atoms with E-state index in [1.807, 2.05) is 0 Å². The Morgan fingerprint density at radius 1 is 0.400 bits per heavy atom. The van der Waals surface area contributed by atoms with Crippen molar-refractivity contribution in [2.24, 2.45) is 0 Å². The van der Waals surface area contributed by atoms with Crippen molar-refractivity contribution in [3.8, 4) is 0 Å². The zero-order chi connectivity index (χ0) is 34.3. The quantitative estimate of drug-likeness (QED) is 0.0756. The Hall–Kier alpha value is -2.37. The van der Waals surface area contributed by atoms with Gasteiger partial charge in [0.05, 0.1) is 0 Å². The van der Waals surface area contributed by atoms with E-state index in [2.05, 4.69) is 146 Å². The first-order chi connectivity index (χ1) is 23.9. The fraction of sp³-hybridized carbons (Fsp3) is 0.333. The number of benzene rings is 4. The summed E-state index contributed by atoms with van der Waals surface area (Å²) < 4.78 is 39.0. The van der Waals surface area contributed by atoms with Crippen molar-refractivity contribution in [1.29, 1.82) is 0 Å². The van der Waals surface area contributed by atoms with Gasteiger partial charge in [-0.2, -0.15) is 0 Å². The van der Waals surface area contributed by atoms with Crippen molar-refractivity contribution in [2.75, 3.05) is 12.3 Å². The first kappa shape index (κ1) is 40.4. The third-order valence-electron chi connectivity index (χ3n) is 9.72. The van der Waals surface area contributed by atoms with E-state index in [4.69, 9.17) is 0 Å². The van der Waals surface area contributed by atoms with Gasteiger partial charge in [-0.3, -0.25) is 0 Å². The van der Waals surface area contributed by atoms with Crippen LogP contribution in [0, 0.1) is 0 Å². The van der Waals surface area contributed by atoms with Crippen LogP contribution in [-0.2, 0) is 19.5 Å². The second-order valence-electron chi connectivity index (χ2n) is 12.9. The van der Waals surface area contributed by atoms with Gasteiger partial charge in [0.15, 0.2) is 0 Å². The maximum absolute atomic E-state index is 9.75. The van der Waals surface area contributed by atoms with Crippen LogP contribution in [0.3, 0.4) is 0 Å². The molecule has 3 aliphatic rings. The van der Waals surface area contributed by atoms with E-state index in [9.17, 15) is 17.3 Å². The minimum atomic E-state index is -6.00. The van der Waals surface area contributed by atoms with Crippen LogP contribution in [-0.4, -0.2) is 19.6 Å². The van der Waals surface area contributed by atoms with E-state index in [-0.39, 0.29) is 35.3 Å². The van der Waals surface area contributed by atoms with Crippen LogP contribution < -0.4 is 0 Å². The van der Waals surface area contributed by atoms with Gasteiger partial charge in [-0.25, -0.2) is 0 Å². The summed E-state index contributed by atoms with van der Waals surface area (Å²) in [6, 6.07) is 45.8. The van der Waals surface area contributed by atoms with Gasteiger partial charge in [0.25, 0.3) is 0 Å². The zero-order valence-electron chi connectivity index (χ0n) is 28.6. The molecule has 0 N–H and O–H groups in total. The van der Waals surface area contributed by atoms with Gasteiger partial charge < -0.3 is 17.3 Å². The molecular formula is C42H48BF4P2Rh-. The van der Waals surface area contributed by atoms with Gasteiger partial charge in [-0.1, -0.05) is 161 Å². The molecule has 2 heterocycles. The Labute approximate surface area is 312 Å². The number of hydrogen-bond donors (Lipinski definition) is 0. The molecule has 8 heteroatoms. The SMILES string of the molecule is C1=CCC/C=C\CC1.F[B-](F)(F)F.[Rh].c1ccc([C@H]2CC[C@H](c3ccccc3)P2CCP2[C@@H](c3ccccc3)CC[C@@H]2c2ccccc2)cc1. The van der Waals surface area contributed by atoms with Crippen molar-refractivity contribution in [3.05, 3.63) is 168 Å². The van der Waals surface area contributed by atoms with Crippen LogP contribution in [0.4, 0.5) is 17.3 Å². The molecule has 0 amide bonds. The summed E-state index contributed by atoms with van der Waals surface area (Å²) in [6.07, 6.45) is 22.2. The second-order valence-corrected chi connectivity index (χ2v) is 18.4. The van der Waals surface area contributed by atoms with Crippen LogP contribution in [0.5, 0.6) is 0 Å². The minimum absolute atomic E-state index is 0. The Morgan fingerprint density at radius 3 is 0.800 bits per heavy atom. The summed E-state index contributed by atoms with van der Waals surface area (Å²) >= 11 is 0. The molecule has 4 aromatic rings. The van der Waals surface area contributed by atoms with E-state index in [1.165, 1.54) is 63.7 Å². The minimum Gasteiger partial charge on any atom is -0.418 e. The fourth-order valence-corrected chi connectivity index (χ4v) is 15.7. The normalized spacial score (nSPS) is 22.9. The van der Waals surface area contributed by atoms with Crippen molar-refractivity contribution in [3.63, 3.8) is 0 Å². The van der Waals surface area contributed by atoms with Crippen molar-refractivity contribution in [2.45, 2.75) is 74.0 Å². The summed E-state index contributed by atoms with van der Waals surface area (Å²) in [5.41, 5.74) is 9.31. The summed E-state index contributed by atoms with van der Waals surface area (Å²) in [5.74, 6) is 0. The van der Waals surface area contributed by atoms with Gasteiger partial charge in [-0.05, 0) is 85.9 Å². The number of allylic oxidation sites excluding steroid dienone is 4. The largest absolute Gasteiger partial charge is 0.673 e. The molecule has 50 heavy (non-hydrogen) atoms. The summed E-state index contributed by atoms with van der Waals surface area (Å²) in [5, 5.41) is 0. The molecule has 1 aliphatic carbocycles. The van der Waals surface area contributed by atoms with Crippen LogP contribution >= 0.6 is 15.8 Å². The molecule has 7 rings (SSSR count). The third kappa shape index (κ3) is 12.7. The molecule has 2 fully saturated rings. The molecule has 2 aliphatic heterocycles. The number of hydrogen-bond acceptors (Lipinski definition) is 0. The van der Waals surface area contributed by atoms with Crippen LogP contribution in [0.25, 0.3) is 0 Å². The Kier molecular flexibility index (Phi) is 17.2. The van der Waals surface area contributed by atoms with Gasteiger partial charge >= 0.3 is 7.25 Å². The van der Waals surface area contributed by atoms with E-state index < -0.39 is 7.25 Å². The first-order valence-corrected chi connectivity index (χ1v) is 21.1. The van der Waals surface area contributed by atoms with Crippen LogP contribution in [0.15, 0.2) is 146 Å². The first-order valence-electron chi connectivity index (χ1n) is 17.8. The summed E-state index contributed by atoms with van der Waals surface area (Å²) in [7, 11) is -6.20. The van der Waals surface area contributed by atoms with Crippen LogP contribution in [0.2, 0.25) is 0 Å². The molecular weight excluding hydrogens is 756 g/mol. The molecule has 0 nitrogen and oxygen atoms in total. The number of rotatable bonds is 7. The Balaban J connectivity index is 0.000000340. The van der Waals surface area contributed by atoms with Crippen molar-refractivity contribution >= 4 is 23.1 Å². The number of halogens is 4. The molecule has 0 aromatic heterocycles. The van der Waals surface area contributed by atoms with Crippen LogP contribution in [0.1, 0.15) is 96.3 Å². The topological polar surface area (TPSA) is 0 Å². The van der Waals surface area contributed by atoms with Gasteiger partial charge in [0.1, 0.15) is 0 Å². The summed E-state index contributed by atoms with van der Waals surface area (Å²) in [4.78, 5) is 0. The monoisotopic (exact) mass is 804 g/mol. The molecule has 0 saturated carbocycles.